The van der Waals surface area contributed by atoms with Gasteiger partial charge in [0.1, 0.15) is 0 Å². The lowest BCUT2D eigenvalue weighted by Crippen LogP contribution is -2.37. The molecule has 1 aromatic carbocycles. The predicted molar refractivity (Wildman–Crippen MR) is 89.4 cm³/mol. The Morgan fingerprint density at radius 2 is 1.83 bits per heavy atom. The first-order valence-corrected chi connectivity index (χ1v) is 8.01. The van der Waals surface area contributed by atoms with Gasteiger partial charge < -0.3 is 19.7 Å². The van der Waals surface area contributed by atoms with Crippen LogP contribution in [0.3, 0.4) is 0 Å². The van der Waals surface area contributed by atoms with Crippen molar-refractivity contribution in [1.29, 1.82) is 0 Å². The Morgan fingerprint density at radius 3 is 2.48 bits per heavy atom. The summed E-state index contributed by atoms with van der Waals surface area (Å²) >= 11 is 0. The van der Waals surface area contributed by atoms with E-state index < -0.39 is 0 Å². The first kappa shape index (κ1) is 19.0. The number of carbonyl (C=O) groups is 2. The second kappa shape index (κ2) is 11.5. The van der Waals surface area contributed by atoms with Crippen LogP contribution in [0.1, 0.15) is 26.7 Å². The molecule has 0 saturated carbocycles. The van der Waals surface area contributed by atoms with Crippen molar-refractivity contribution in [3.05, 3.63) is 30.3 Å². The van der Waals surface area contributed by atoms with Gasteiger partial charge in [0.2, 0.25) is 0 Å². The maximum Gasteiger partial charge on any atom is 0.321 e. The number of ether oxygens (including phenoxy) is 2. The molecule has 0 aliphatic carbocycles. The fraction of sp³-hybridized carbons (Fsp3) is 0.529. The minimum atomic E-state index is -0.296. The Hall–Kier alpha value is -2.08. The number of urea groups is 1. The molecule has 0 aliphatic heterocycles. The van der Waals surface area contributed by atoms with Crippen LogP contribution in [0.25, 0.3) is 0 Å². The number of esters is 1. The molecule has 0 fully saturated rings. The van der Waals surface area contributed by atoms with Gasteiger partial charge >= 0.3 is 12.0 Å². The third-order valence-corrected chi connectivity index (χ3v) is 3.12. The maximum atomic E-state index is 12.4. The van der Waals surface area contributed by atoms with Crippen molar-refractivity contribution in [3.63, 3.8) is 0 Å². The number of benzene rings is 1. The summed E-state index contributed by atoms with van der Waals surface area (Å²) in [6.45, 7) is 6.13. The molecule has 0 atom stereocenters. The van der Waals surface area contributed by atoms with Gasteiger partial charge in [-0.1, -0.05) is 18.2 Å². The van der Waals surface area contributed by atoms with E-state index in [-0.39, 0.29) is 18.4 Å². The second-order valence-corrected chi connectivity index (χ2v) is 4.89. The number of anilines is 1. The van der Waals surface area contributed by atoms with E-state index in [0.717, 1.165) is 12.1 Å². The predicted octanol–water partition coefficient (Wildman–Crippen LogP) is 2.90. The second-order valence-electron chi connectivity index (χ2n) is 4.89. The van der Waals surface area contributed by atoms with E-state index in [2.05, 4.69) is 5.32 Å². The first-order chi connectivity index (χ1) is 11.2. The molecule has 1 N–H and O–H groups in total. The normalized spacial score (nSPS) is 10.2. The summed E-state index contributed by atoms with van der Waals surface area (Å²) in [5.74, 6) is -0.296. The van der Waals surface area contributed by atoms with E-state index in [9.17, 15) is 9.59 Å². The van der Waals surface area contributed by atoms with Crippen LogP contribution in [0.5, 0.6) is 0 Å². The molecule has 0 unspecified atom stereocenters. The van der Waals surface area contributed by atoms with Crippen molar-refractivity contribution in [2.45, 2.75) is 26.7 Å². The Kier molecular flexibility index (Phi) is 9.47. The van der Waals surface area contributed by atoms with Crippen LogP contribution in [-0.2, 0) is 14.3 Å². The zero-order chi connectivity index (χ0) is 16.9. The average molecular weight is 322 g/mol. The highest BCUT2D eigenvalue weighted by Crippen LogP contribution is 2.07. The Bertz CT molecular complexity index is 465. The summed E-state index contributed by atoms with van der Waals surface area (Å²) in [6, 6.07) is 9.01. The van der Waals surface area contributed by atoms with Crippen molar-refractivity contribution in [1.82, 2.24) is 4.90 Å². The van der Waals surface area contributed by atoms with Gasteiger partial charge in [-0.05, 0) is 32.4 Å². The molecule has 1 rings (SSSR count). The molecule has 0 radical (unpaired) electrons. The van der Waals surface area contributed by atoms with Crippen LogP contribution >= 0.6 is 0 Å². The minimum Gasteiger partial charge on any atom is -0.466 e. The zero-order valence-electron chi connectivity index (χ0n) is 13.9. The van der Waals surface area contributed by atoms with Crippen molar-refractivity contribution in [2.75, 3.05) is 38.2 Å². The highest BCUT2D eigenvalue weighted by Gasteiger charge is 2.15. The number of nitrogens with zero attached hydrogens (tertiary/aromatic N) is 1. The summed E-state index contributed by atoms with van der Waals surface area (Å²) in [7, 11) is 0. The van der Waals surface area contributed by atoms with Gasteiger partial charge in [-0.15, -0.1) is 0 Å². The van der Waals surface area contributed by atoms with Gasteiger partial charge in [0.15, 0.2) is 0 Å². The van der Waals surface area contributed by atoms with Crippen LogP contribution in [0.2, 0.25) is 0 Å². The number of para-hydroxylation sites is 1. The number of hydrogen-bond acceptors (Lipinski definition) is 4. The molecule has 23 heavy (non-hydrogen) atoms. The van der Waals surface area contributed by atoms with Crippen molar-refractivity contribution >= 4 is 17.7 Å². The largest absolute Gasteiger partial charge is 0.466 e. The Morgan fingerprint density at radius 1 is 1.09 bits per heavy atom. The van der Waals surface area contributed by atoms with Gasteiger partial charge in [0, 0.05) is 32.0 Å². The Labute approximate surface area is 137 Å². The number of hydrogen-bond donors (Lipinski definition) is 1. The average Bonchev–Trinajstić information content (AvgIpc) is 2.55. The van der Waals surface area contributed by atoms with Gasteiger partial charge in [-0.3, -0.25) is 4.79 Å². The van der Waals surface area contributed by atoms with Crippen LogP contribution in [-0.4, -0.2) is 49.8 Å². The fourth-order valence-corrected chi connectivity index (χ4v) is 2.00. The van der Waals surface area contributed by atoms with Gasteiger partial charge in [0.25, 0.3) is 0 Å². The van der Waals surface area contributed by atoms with Crippen molar-refractivity contribution < 1.29 is 19.1 Å². The van der Waals surface area contributed by atoms with Crippen molar-refractivity contribution in [2.24, 2.45) is 0 Å². The topological polar surface area (TPSA) is 67.9 Å². The minimum absolute atomic E-state index is 0.185. The third-order valence-electron chi connectivity index (χ3n) is 3.12. The van der Waals surface area contributed by atoms with Crippen LogP contribution < -0.4 is 5.32 Å². The molecule has 1 aromatic rings. The summed E-state index contributed by atoms with van der Waals surface area (Å²) in [5, 5.41) is 2.83. The number of rotatable bonds is 10. The smallest absolute Gasteiger partial charge is 0.321 e. The Balaban J connectivity index is 2.53. The maximum absolute atomic E-state index is 12.4. The van der Waals surface area contributed by atoms with Crippen LogP contribution in [0.4, 0.5) is 10.5 Å². The van der Waals surface area contributed by atoms with E-state index in [1.807, 2.05) is 37.3 Å². The SMILES string of the molecule is CCOCCCN(CCC(=O)OCC)C(=O)Nc1ccccc1. The molecule has 128 valence electrons. The molecule has 0 spiro atoms. The summed E-state index contributed by atoms with van der Waals surface area (Å²) in [4.78, 5) is 25.5. The van der Waals surface area contributed by atoms with E-state index in [0.29, 0.717) is 32.9 Å². The van der Waals surface area contributed by atoms with Gasteiger partial charge in [-0.25, -0.2) is 4.79 Å². The van der Waals surface area contributed by atoms with E-state index >= 15 is 0 Å². The molecule has 2 amide bonds. The van der Waals surface area contributed by atoms with Gasteiger partial charge in [-0.2, -0.15) is 0 Å². The molecular weight excluding hydrogens is 296 g/mol. The van der Waals surface area contributed by atoms with E-state index in [1.54, 1.807) is 11.8 Å². The highest BCUT2D eigenvalue weighted by atomic mass is 16.5. The standard InChI is InChI=1S/C17H26N2O4/c1-3-22-14-8-12-19(13-11-16(20)23-4-2)17(21)18-15-9-6-5-7-10-15/h5-7,9-10H,3-4,8,11-14H2,1-2H3,(H,18,21). The molecule has 0 bridgehead atoms. The number of amides is 2. The lowest BCUT2D eigenvalue weighted by molar-refractivity contribution is -0.143. The summed E-state index contributed by atoms with van der Waals surface area (Å²) in [5.41, 5.74) is 0.725. The van der Waals surface area contributed by atoms with E-state index in [1.165, 1.54) is 0 Å². The fourth-order valence-electron chi connectivity index (χ4n) is 2.00. The van der Waals surface area contributed by atoms with Gasteiger partial charge in [0.05, 0.1) is 13.0 Å². The van der Waals surface area contributed by atoms with Crippen LogP contribution in [0, 0.1) is 0 Å². The molecule has 0 aliphatic rings. The highest BCUT2D eigenvalue weighted by molar-refractivity contribution is 5.89. The van der Waals surface area contributed by atoms with Crippen molar-refractivity contribution in [3.8, 4) is 0 Å². The summed E-state index contributed by atoms with van der Waals surface area (Å²) < 4.78 is 10.2. The molecule has 0 saturated heterocycles. The molecule has 6 nitrogen and oxygen atoms in total. The molecule has 6 heteroatoms. The van der Waals surface area contributed by atoms with Crippen LogP contribution in [0.15, 0.2) is 30.3 Å². The third kappa shape index (κ3) is 8.21. The lowest BCUT2D eigenvalue weighted by Gasteiger charge is -2.22. The molecule has 0 heterocycles. The quantitative estimate of drug-likeness (QED) is 0.531. The first-order valence-electron chi connectivity index (χ1n) is 8.01. The number of nitrogens with one attached hydrogen (secondary N) is 1. The number of carbonyl (C=O) groups excluding carboxylic acids is 2. The molecule has 0 aromatic heterocycles. The zero-order valence-corrected chi connectivity index (χ0v) is 13.9. The molecular formula is C17H26N2O4. The van der Waals surface area contributed by atoms with E-state index in [4.69, 9.17) is 9.47 Å². The monoisotopic (exact) mass is 322 g/mol. The summed E-state index contributed by atoms with van der Waals surface area (Å²) in [6.07, 6.45) is 0.906. The lowest BCUT2D eigenvalue weighted by atomic mass is 10.3.